The van der Waals surface area contributed by atoms with Gasteiger partial charge in [-0.3, -0.25) is 19.7 Å². The van der Waals surface area contributed by atoms with Crippen LogP contribution in [-0.2, 0) is 23.9 Å². The van der Waals surface area contributed by atoms with Crippen molar-refractivity contribution in [1.82, 2.24) is 5.32 Å². The van der Waals surface area contributed by atoms with E-state index in [-0.39, 0.29) is 28.9 Å². The number of hydrogen-bond acceptors (Lipinski definition) is 8. The van der Waals surface area contributed by atoms with Crippen LogP contribution in [0.15, 0.2) is 46.8 Å². The average molecular weight is 456 g/mol. The molecule has 1 aliphatic carbocycles. The highest BCUT2D eigenvalue weighted by atomic mass is 16.6. The second-order valence-corrected chi connectivity index (χ2v) is 8.51. The highest BCUT2D eigenvalue weighted by Crippen LogP contribution is 2.46. The first-order valence-corrected chi connectivity index (χ1v) is 10.9. The topological polar surface area (TPSA) is 125 Å². The van der Waals surface area contributed by atoms with Crippen molar-refractivity contribution in [2.75, 3.05) is 7.11 Å². The number of benzene rings is 1. The lowest BCUT2D eigenvalue weighted by atomic mass is 9.69. The van der Waals surface area contributed by atoms with E-state index in [1.807, 2.05) is 6.92 Å². The summed E-state index contributed by atoms with van der Waals surface area (Å²) in [6.45, 7) is 7.14. The second kappa shape index (κ2) is 9.56. The van der Waals surface area contributed by atoms with E-state index in [0.29, 0.717) is 29.8 Å². The first kappa shape index (κ1) is 24.2. The number of nitro benzene ring substituents is 1. The SMILES string of the molecule is CC[C@H](C)OC(=O)C1=C(C)NC2=C(C(=O)[C@H](C(=O)OC)[C@H](C)C2)[C@H]1c1cccc([N+](=O)[O-])c1. The molecule has 0 unspecified atom stereocenters. The number of carbonyl (C=O) groups excluding carboxylic acids is 3. The van der Waals surface area contributed by atoms with E-state index in [9.17, 15) is 24.5 Å². The van der Waals surface area contributed by atoms with E-state index in [2.05, 4.69) is 5.32 Å². The number of non-ortho nitro benzene ring substituents is 1. The summed E-state index contributed by atoms with van der Waals surface area (Å²) in [4.78, 5) is 50.2. The van der Waals surface area contributed by atoms with Gasteiger partial charge in [-0.05, 0) is 38.2 Å². The number of dihydropyridines is 1. The number of rotatable bonds is 6. The Balaban J connectivity index is 2.20. The Labute approximate surface area is 192 Å². The van der Waals surface area contributed by atoms with Crippen LogP contribution in [0.2, 0.25) is 0 Å². The maximum atomic E-state index is 13.6. The lowest BCUT2D eigenvalue weighted by Gasteiger charge is -2.38. The standard InChI is InChI=1S/C24H28N2O7/c1-6-13(3)33-24(29)19-14(4)25-17-10-12(2)18(23(28)32-5)22(27)21(17)20(19)15-8-7-9-16(11-15)26(30)31/h7-9,11-13,18,20,25H,6,10H2,1-5H3/t12-,13+,18-,20+/m1/s1. The van der Waals surface area contributed by atoms with Crippen molar-refractivity contribution in [3.05, 3.63) is 62.5 Å². The van der Waals surface area contributed by atoms with Gasteiger partial charge in [0, 0.05) is 35.0 Å². The predicted molar refractivity (Wildman–Crippen MR) is 119 cm³/mol. The molecule has 1 aromatic carbocycles. The van der Waals surface area contributed by atoms with E-state index in [1.54, 1.807) is 26.8 Å². The monoisotopic (exact) mass is 456 g/mol. The fourth-order valence-corrected chi connectivity index (χ4v) is 4.43. The number of ketones is 1. The summed E-state index contributed by atoms with van der Waals surface area (Å²) in [7, 11) is 1.22. The molecule has 9 heteroatoms. The molecule has 0 bridgehead atoms. The number of Topliss-reactive ketones (excluding diaryl/α,β-unsaturated/α-hetero) is 1. The molecule has 1 heterocycles. The summed E-state index contributed by atoms with van der Waals surface area (Å²) in [5.74, 6) is -3.97. The lowest BCUT2D eigenvalue weighted by molar-refractivity contribution is -0.384. The predicted octanol–water partition coefficient (Wildman–Crippen LogP) is 3.55. The molecule has 1 aliphatic heterocycles. The maximum Gasteiger partial charge on any atom is 0.337 e. The van der Waals surface area contributed by atoms with E-state index in [4.69, 9.17) is 9.47 Å². The highest BCUT2D eigenvalue weighted by molar-refractivity contribution is 6.12. The van der Waals surface area contributed by atoms with Gasteiger partial charge in [0.1, 0.15) is 5.92 Å². The molecule has 0 aromatic heterocycles. The zero-order valence-corrected chi connectivity index (χ0v) is 19.3. The molecule has 0 fully saturated rings. The molecule has 0 saturated carbocycles. The van der Waals surface area contributed by atoms with Crippen molar-refractivity contribution in [2.24, 2.45) is 11.8 Å². The van der Waals surface area contributed by atoms with Gasteiger partial charge in [0.2, 0.25) is 0 Å². The quantitative estimate of drug-likeness (QED) is 0.298. The Morgan fingerprint density at radius 3 is 2.64 bits per heavy atom. The van der Waals surface area contributed by atoms with Gasteiger partial charge in [0.25, 0.3) is 5.69 Å². The van der Waals surface area contributed by atoms with Gasteiger partial charge in [-0.25, -0.2) is 4.79 Å². The number of hydrogen-bond donors (Lipinski definition) is 1. The summed E-state index contributed by atoms with van der Waals surface area (Å²) in [5.41, 5.74) is 1.78. The maximum absolute atomic E-state index is 13.6. The second-order valence-electron chi connectivity index (χ2n) is 8.51. The van der Waals surface area contributed by atoms with E-state index >= 15 is 0 Å². The summed E-state index contributed by atoms with van der Waals surface area (Å²) in [6, 6.07) is 5.84. The number of methoxy groups -OCH3 is 1. The molecular weight excluding hydrogens is 428 g/mol. The molecule has 176 valence electrons. The van der Waals surface area contributed by atoms with Crippen LogP contribution in [0.1, 0.15) is 52.0 Å². The Hall–Kier alpha value is -3.49. The van der Waals surface area contributed by atoms with E-state index in [0.717, 1.165) is 0 Å². The summed E-state index contributed by atoms with van der Waals surface area (Å²) < 4.78 is 10.4. The molecule has 4 atom stereocenters. The minimum absolute atomic E-state index is 0.165. The van der Waals surface area contributed by atoms with Gasteiger partial charge in [-0.15, -0.1) is 0 Å². The van der Waals surface area contributed by atoms with Crippen molar-refractivity contribution in [3.63, 3.8) is 0 Å². The molecule has 0 saturated heterocycles. The van der Waals surface area contributed by atoms with Crippen LogP contribution in [0.25, 0.3) is 0 Å². The Morgan fingerprint density at radius 2 is 2.03 bits per heavy atom. The van der Waals surface area contributed by atoms with Crippen LogP contribution in [0.5, 0.6) is 0 Å². The minimum atomic E-state index is -1.03. The Kier molecular flexibility index (Phi) is 7.00. The fourth-order valence-electron chi connectivity index (χ4n) is 4.43. The molecule has 9 nitrogen and oxygen atoms in total. The molecule has 33 heavy (non-hydrogen) atoms. The van der Waals surface area contributed by atoms with Crippen LogP contribution in [-0.4, -0.2) is 35.9 Å². The number of esters is 2. The van der Waals surface area contributed by atoms with Gasteiger partial charge < -0.3 is 14.8 Å². The van der Waals surface area contributed by atoms with Crippen molar-refractivity contribution in [3.8, 4) is 0 Å². The number of nitro groups is 1. The lowest BCUT2D eigenvalue weighted by Crippen LogP contribution is -2.43. The first-order chi connectivity index (χ1) is 15.6. The van der Waals surface area contributed by atoms with Gasteiger partial charge in [0.05, 0.1) is 23.7 Å². The normalized spacial score (nSPS) is 23.4. The van der Waals surface area contributed by atoms with Crippen LogP contribution in [0, 0.1) is 22.0 Å². The molecular formula is C24H28N2O7. The zero-order chi connectivity index (χ0) is 24.4. The number of allylic oxidation sites excluding steroid dienone is 3. The van der Waals surface area contributed by atoms with Crippen molar-refractivity contribution in [2.45, 2.75) is 52.6 Å². The molecule has 0 amide bonds. The first-order valence-electron chi connectivity index (χ1n) is 10.9. The van der Waals surface area contributed by atoms with E-state index < -0.39 is 34.5 Å². The Bertz CT molecular complexity index is 1070. The smallest absolute Gasteiger partial charge is 0.337 e. The number of nitrogens with one attached hydrogen (secondary N) is 1. The van der Waals surface area contributed by atoms with Crippen molar-refractivity contribution < 1.29 is 28.8 Å². The third-order valence-corrected chi connectivity index (χ3v) is 6.26. The summed E-state index contributed by atoms with van der Waals surface area (Å²) in [6.07, 6.45) is 0.628. The van der Waals surface area contributed by atoms with Crippen LogP contribution in [0.3, 0.4) is 0 Å². The van der Waals surface area contributed by atoms with Crippen molar-refractivity contribution in [1.29, 1.82) is 0 Å². The molecule has 1 aromatic rings. The van der Waals surface area contributed by atoms with Gasteiger partial charge >= 0.3 is 11.9 Å². The van der Waals surface area contributed by atoms with Crippen LogP contribution < -0.4 is 5.32 Å². The average Bonchev–Trinajstić information content (AvgIpc) is 2.77. The Morgan fingerprint density at radius 1 is 1.33 bits per heavy atom. The van der Waals surface area contributed by atoms with Gasteiger partial charge in [-0.2, -0.15) is 0 Å². The summed E-state index contributed by atoms with van der Waals surface area (Å²) in [5, 5.41) is 14.6. The largest absolute Gasteiger partial charge is 0.468 e. The van der Waals surface area contributed by atoms with E-state index in [1.165, 1.54) is 25.3 Å². The molecule has 3 rings (SSSR count). The molecule has 0 radical (unpaired) electrons. The number of ether oxygens (including phenoxy) is 2. The third-order valence-electron chi connectivity index (χ3n) is 6.26. The van der Waals surface area contributed by atoms with Crippen LogP contribution >= 0.6 is 0 Å². The summed E-state index contributed by atoms with van der Waals surface area (Å²) >= 11 is 0. The van der Waals surface area contributed by atoms with Gasteiger partial charge in [-0.1, -0.05) is 26.0 Å². The third kappa shape index (κ3) is 4.53. The van der Waals surface area contributed by atoms with Gasteiger partial charge in [0.15, 0.2) is 5.78 Å². The molecule has 2 aliphatic rings. The fraction of sp³-hybridized carbons (Fsp3) is 0.458. The number of carbonyl (C=O) groups is 3. The minimum Gasteiger partial charge on any atom is -0.468 e. The van der Waals surface area contributed by atoms with Crippen molar-refractivity contribution >= 4 is 23.4 Å². The zero-order valence-electron chi connectivity index (χ0n) is 19.3. The number of nitrogens with zero attached hydrogens (tertiary/aromatic N) is 1. The molecule has 0 spiro atoms. The van der Waals surface area contributed by atoms with Crippen LogP contribution in [0.4, 0.5) is 5.69 Å². The molecule has 1 N–H and O–H groups in total. The highest BCUT2D eigenvalue weighted by Gasteiger charge is 2.47.